The van der Waals surface area contributed by atoms with Crippen molar-refractivity contribution in [3.05, 3.63) is 11.6 Å². The van der Waals surface area contributed by atoms with E-state index in [1.165, 1.54) is 24.2 Å². The van der Waals surface area contributed by atoms with E-state index < -0.39 is 0 Å². The molecule has 5 heteroatoms. The molecule has 1 fully saturated rings. The van der Waals surface area contributed by atoms with E-state index in [1.807, 2.05) is 10.3 Å². The molecule has 0 bridgehead atoms. The van der Waals surface area contributed by atoms with E-state index in [9.17, 15) is 4.79 Å². The molecule has 1 aromatic rings. The van der Waals surface area contributed by atoms with Gasteiger partial charge in [0, 0.05) is 24.7 Å². The minimum Gasteiger partial charge on any atom is -0.324 e. The molecule has 0 aliphatic heterocycles. The molecule has 1 aliphatic rings. The monoisotopic (exact) mass is 239 g/mol. The summed E-state index contributed by atoms with van der Waals surface area (Å²) >= 11 is 1.45. The van der Waals surface area contributed by atoms with Crippen LogP contribution < -0.4 is 5.32 Å². The van der Waals surface area contributed by atoms with Gasteiger partial charge in [-0.1, -0.05) is 6.92 Å². The van der Waals surface area contributed by atoms with Crippen molar-refractivity contribution in [3.8, 4) is 0 Å². The van der Waals surface area contributed by atoms with Gasteiger partial charge in [0.15, 0.2) is 5.13 Å². The highest BCUT2D eigenvalue weighted by molar-refractivity contribution is 7.13. The quantitative estimate of drug-likeness (QED) is 0.858. The van der Waals surface area contributed by atoms with Crippen LogP contribution in [-0.4, -0.2) is 29.0 Å². The van der Waals surface area contributed by atoms with Crippen LogP contribution in [0.2, 0.25) is 0 Å². The molecule has 0 spiro atoms. The van der Waals surface area contributed by atoms with Gasteiger partial charge in [0.05, 0.1) is 0 Å². The molecule has 0 atom stereocenters. The van der Waals surface area contributed by atoms with Gasteiger partial charge in [-0.25, -0.2) is 9.78 Å². The van der Waals surface area contributed by atoms with E-state index in [0.717, 1.165) is 25.4 Å². The van der Waals surface area contributed by atoms with Crippen LogP contribution >= 0.6 is 11.3 Å². The van der Waals surface area contributed by atoms with Crippen molar-refractivity contribution in [2.75, 3.05) is 18.4 Å². The molecule has 16 heavy (non-hydrogen) atoms. The number of carbonyl (C=O) groups excluding carboxylic acids is 1. The highest BCUT2D eigenvalue weighted by Crippen LogP contribution is 2.30. The smallest absolute Gasteiger partial charge is 0.323 e. The molecule has 0 unspecified atom stereocenters. The van der Waals surface area contributed by atoms with Gasteiger partial charge in [0.25, 0.3) is 0 Å². The highest BCUT2D eigenvalue weighted by atomic mass is 32.1. The standard InChI is InChI=1S/C11H17N3OS/c1-2-6-14(8-9-3-4-9)11(15)13-10-12-5-7-16-10/h5,7,9H,2-4,6,8H2,1H3,(H,12,13,15). The first-order valence-corrected chi connectivity index (χ1v) is 6.63. The zero-order chi connectivity index (χ0) is 11.4. The molecule has 1 aliphatic carbocycles. The molecule has 0 saturated heterocycles. The number of nitrogens with zero attached hydrogens (tertiary/aromatic N) is 2. The molecular weight excluding hydrogens is 222 g/mol. The van der Waals surface area contributed by atoms with Crippen molar-refractivity contribution in [2.24, 2.45) is 5.92 Å². The number of urea groups is 1. The third-order valence-corrected chi connectivity index (χ3v) is 3.29. The van der Waals surface area contributed by atoms with Crippen molar-refractivity contribution in [2.45, 2.75) is 26.2 Å². The molecule has 4 nitrogen and oxygen atoms in total. The van der Waals surface area contributed by atoms with Gasteiger partial charge < -0.3 is 4.90 Å². The maximum atomic E-state index is 11.9. The van der Waals surface area contributed by atoms with Crippen LogP contribution in [0.15, 0.2) is 11.6 Å². The SMILES string of the molecule is CCCN(CC1CC1)C(=O)Nc1nccs1. The fourth-order valence-electron chi connectivity index (χ4n) is 1.61. The first-order valence-electron chi connectivity index (χ1n) is 5.75. The third kappa shape index (κ3) is 3.20. The number of anilines is 1. The average molecular weight is 239 g/mol. The number of nitrogens with one attached hydrogen (secondary N) is 1. The summed E-state index contributed by atoms with van der Waals surface area (Å²) in [6.07, 6.45) is 5.23. The van der Waals surface area contributed by atoms with Gasteiger partial charge in [-0.3, -0.25) is 5.32 Å². The van der Waals surface area contributed by atoms with Crippen molar-refractivity contribution in [1.29, 1.82) is 0 Å². The number of hydrogen-bond acceptors (Lipinski definition) is 3. The molecule has 1 saturated carbocycles. The predicted octanol–water partition coefficient (Wildman–Crippen LogP) is 2.80. The molecule has 88 valence electrons. The second kappa shape index (κ2) is 5.30. The minimum atomic E-state index is -0.0105. The summed E-state index contributed by atoms with van der Waals surface area (Å²) in [6, 6.07) is -0.0105. The van der Waals surface area contributed by atoms with E-state index in [4.69, 9.17) is 0 Å². The second-order valence-corrected chi connectivity index (χ2v) is 5.05. The van der Waals surface area contributed by atoms with E-state index in [0.29, 0.717) is 5.13 Å². The van der Waals surface area contributed by atoms with Gasteiger partial charge in [0.1, 0.15) is 0 Å². The fraction of sp³-hybridized carbons (Fsp3) is 0.636. The molecule has 1 aromatic heterocycles. The Hall–Kier alpha value is -1.10. The van der Waals surface area contributed by atoms with Crippen LogP contribution in [0.5, 0.6) is 0 Å². The summed E-state index contributed by atoms with van der Waals surface area (Å²) in [5.74, 6) is 0.730. The zero-order valence-electron chi connectivity index (χ0n) is 9.48. The van der Waals surface area contributed by atoms with Gasteiger partial charge in [-0.2, -0.15) is 0 Å². The van der Waals surface area contributed by atoms with Crippen LogP contribution in [0.4, 0.5) is 9.93 Å². The molecule has 1 N–H and O–H groups in total. The summed E-state index contributed by atoms with van der Waals surface area (Å²) in [5.41, 5.74) is 0. The maximum absolute atomic E-state index is 11.9. The van der Waals surface area contributed by atoms with Crippen LogP contribution in [0.3, 0.4) is 0 Å². The Morgan fingerprint density at radius 1 is 1.69 bits per heavy atom. The summed E-state index contributed by atoms with van der Waals surface area (Å²) in [4.78, 5) is 17.9. The van der Waals surface area contributed by atoms with Crippen molar-refractivity contribution >= 4 is 22.5 Å². The number of amides is 2. The Kier molecular flexibility index (Phi) is 3.77. The van der Waals surface area contributed by atoms with E-state index in [1.54, 1.807) is 6.20 Å². The molecule has 2 amide bonds. The van der Waals surface area contributed by atoms with Gasteiger partial charge >= 0.3 is 6.03 Å². The van der Waals surface area contributed by atoms with Crippen molar-refractivity contribution < 1.29 is 4.79 Å². The molecule has 2 rings (SSSR count). The van der Waals surface area contributed by atoms with Gasteiger partial charge in [-0.05, 0) is 25.2 Å². The number of rotatable bonds is 5. The lowest BCUT2D eigenvalue weighted by molar-refractivity contribution is 0.209. The topological polar surface area (TPSA) is 45.2 Å². The number of carbonyl (C=O) groups is 1. The minimum absolute atomic E-state index is 0.0105. The molecule has 0 radical (unpaired) electrons. The molecule has 1 heterocycles. The van der Waals surface area contributed by atoms with Crippen LogP contribution in [-0.2, 0) is 0 Å². The first-order chi connectivity index (χ1) is 7.79. The normalized spacial score (nSPS) is 14.8. The lowest BCUT2D eigenvalue weighted by Crippen LogP contribution is -2.37. The van der Waals surface area contributed by atoms with E-state index in [-0.39, 0.29) is 6.03 Å². The zero-order valence-corrected chi connectivity index (χ0v) is 10.3. The second-order valence-electron chi connectivity index (χ2n) is 4.16. The largest absolute Gasteiger partial charge is 0.324 e. The highest BCUT2D eigenvalue weighted by Gasteiger charge is 2.26. The maximum Gasteiger partial charge on any atom is 0.323 e. The number of thiazole rings is 1. The molecular formula is C11H17N3OS. The van der Waals surface area contributed by atoms with Crippen molar-refractivity contribution in [3.63, 3.8) is 0 Å². The Morgan fingerprint density at radius 2 is 2.50 bits per heavy atom. The molecule has 0 aromatic carbocycles. The Bertz CT molecular complexity index is 335. The Morgan fingerprint density at radius 3 is 3.06 bits per heavy atom. The number of hydrogen-bond donors (Lipinski definition) is 1. The van der Waals surface area contributed by atoms with Crippen LogP contribution in [0.1, 0.15) is 26.2 Å². The lowest BCUT2D eigenvalue weighted by atomic mass is 10.3. The lowest BCUT2D eigenvalue weighted by Gasteiger charge is -2.21. The van der Waals surface area contributed by atoms with E-state index >= 15 is 0 Å². The summed E-state index contributed by atoms with van der Waals surface area (Å²) in [5, 5.41) is 5.38. The summed E-state index contributed by atoms with van der Waals surface area (Å²) in [7, 11) is 0. The van der Waals surface area contributed by atoms with Gasteiger partial charge in [-0.15, -0.1) is 11.3 Å². The average Bonchev–Trinajstić information content (AvgIpc) is 2.94. The van der Waals surface area contributed by atoms with E-state index in [2.05, 4.69) is 17.2 Å². The fourth-order valence-corrected chi connectivity index (χ4v) is 2.13. The third-order valence-electron chi connectivity index (χ3n) is 2.60. The number of aromatic nitrogens is 1. The predicted molar refractivity (Wildman–Crippen MR) is 65.7 cm³/mol. The summed E-state index contributed by atoms with van der Waals surface area (Å²) in [6.45, 7) is 3.81. The van der Waals surface area contributed by atoms with Crippen LogP contribution in [0, 0.1) is 5.92 Å². The Labute approximate surface area is 99.7 Å². The Balaban J connectivity index is 1.87. The van der Waals surface area contributed by atoms with Gasteiger partial charge in [0.2, 0.25) is 0 Å². The van der Waals surface area contributed by atoms with Crippen molar-refractivity contribution in [1.82, 2.24) is 9.88 Å². The summed E-state index contributed by atoms with van der Waals surface area (Å²) < 4.78 is 0. The first kappa shape index (κ1) is 11.4. The van der Waals surface area contributed by atoms with Crippen LogP contribution in [0.25, 0.3) is 0 Å².